The average Bonchev–Trinajstić information content (AvgIpc) is 2.39. The minimum absolute atomic E-state index is 0.0675. The monoisotopic (exact) mass is 245 g/mol. The van der Waals surface area contributed by atoms with Gasteiger partial charge in [0.15, 0.2) is 0 Å². The van der Waals surface area contributed by atoms with Crippen LogP contribution < -0.4 is 5.32 Å². The molecule has 0 spiro atoms. The first-order valence-corrected chi connectivity index (χ1v) is 6.78. The van der Waals surface area contributed by atoms with Crippen LogP contribution in [-0.2, 0) is 9.47 Å². The lowest BCUT2D eigenvalue weighted by Gasteiger charge is -2.29. The first kappa shape index (κ1) is 14.9. The second kappa shape index (κ2) is 8.86. The Morgan fingerprint density at radius 1 is 1.35 bits per heavy atom. The van der Waals surface area contributed by atoms with Crippen molar-refractivity contribution in [3.8, 4) is 0 Å². The topological polar surface area (TPSA) is 50.7 Å². The van der Waals surface area contributed by atoms with E-state index in [4.69, 9.17) is 9.47 Å². The number of ether oxygens (including phenoxy) is 2. The highest BCUT2D eigenvalue weighted by Crippen LogP contribution is 2.23. The van der Waals surface area contributed by atoms with Crippen molar-refractivity contribution in [1.82, 2.24) is 5.32 Å². The number of aliphatic hydroxyl groups excluding tert-OH is 1. The summed E-state index contributed by atoms with van der Waals surface area (Å²) >= 11 is 0. The molecule has 0 amide bonds. The quantitative estimate of drug-likeness (QED) is 0.677. The highest BCUT2D eigenvalue weighted by Gasteiger charge is 2.22. The number of methoxy groups -OCH3 is 1. The third kappa shape index (κ3) is 5.82. The predicted octanol–water partition coefficient (Wildman–Crippen LogP) is 1.32. The number of hydrogen-bond acceptors (Lipinski definition) is 4. The van der Waals surface area contributed by atoms with Crippen molar-refractivity contribution in [2.45, 2.75) is 57.3 Å². The van der Waals surface area contributed by atoms with Crippen molar-refractivity contribution in [2.75, 3.05) is 26.9 Å². The molecule has 0 aromatic heterocycles. The first-order chi connectivity index (χ1) is 8.30. The minimum atomic E-state index is 0.0675. The van der Waals surface area contributed by atoms with Crippen LogP contribution in [0.3, 0.4) is 0 Å². The Balaban J connectivity index is 2.18. The van der Waals surface area contributed by atoms with Gasteiger partial charge >= 0.3 is 0 Å². The van der Waals surface area contributed by atoms with E-state index < -0.39 is 0 Å². The summed E-state index contributed by atoms with van der Waals surface area (Å²) in [6, 6.07) is 0.0675. The van der Waals surface area contributed by atoms with Crippen molar-refractivity contribution >= 4 is 0 Å². The molecule has 1 saturated carbocycles. The lowest BCUT2D eigenvalue weighted by atomic mass is 9.95. The summed E-state index contributed by atoms with van der Waals surface area (Å²) in [6.45, 7) is 3.78. The Morgan fingerprint density at radius 2 is 2.12 bits per heavy atom. The molecule has 2 N–H and O–H groups in total. The maximum absolute atomic E-state index is 9.21. The molecule has 0 saturated heterocycles. The molecule has 17 heavy (non-hydrogen) atoms. The fourth-order valence-electron chi connectivity index (χ4n) is 2.24. The van der Waals surface area contributed by atoms with Gasteiger partial charge in [-0.15, -0.1) is 0 Å². The second-order valence-corrected chi connectivity index (χ2v) is 4.81. The Bertz CT molecular complexity index is 190. The fraction of sp³-hybridized carbons (Fsp3) is 1.00. The molecule has 3 unspecified atom stereocenters. The normalized spacial score (nSPS) is 27.0. The van der Waals surface area contributed by atoms with E-state index in [0.29, 0.717) is 18.8 Å². The Morgan fingerprint density at radius 3 is 2.76 bits per heavy atom. The second-order valence-electron chi connectivity index (χ2n) is 4.81. The van der Waals surface area contributed by atoms with Crippen LogP contribution >= 0.6 is 0 Å². The van der Waals surface area contributed by atoms with E-state index in [9.17, 15) is 5.11 Å². The fourth-order valence-corrected chi connectivity index (χ4v) is 2.24. The molecule has 0 aliphatic heterocycles. The van der Waals surface area contributed by atoms with Crippen molar-refractivity contribution < 1.29 is 14.6 Å². The molecule has 0 aromatic carbocycles. The Hall–Kier alpha value is -0.160. The van der Waals surface area contributed by atoms with Crippen LogP contribution in [-0.4, -0.2) is 50.2 Å². The zero-order valence-corrected chi connectivity index (χ0v) is 11.2. The lowest BCUT2D eigenvalue weighted by Crippen LogP contribution is -2.39. The Labute approximate surface area is 105 Å². The summed E-state index contributed by atoms with van der Waals surface area (Å²) in [5.41, 5.74) is 0. The van der Waals surface area contributed by atoms with Gasteiger partial charge in [0.05, 0.1) is 31.5 Å². The molecule has 0 radical (unpaired) electrons. The van der Waals surface area contributed by atoms with E-state index in [1.165, 1.54) is 6.42 Å². The first-order valence-electron chi connectivity index (χ1n) is 6.78. The minimum Gasteiger partial charge on any atom is -0.395 e. The zero-order chi connectivity index (χ0) is 12.5. The Kier molecular flexibility index (Phi) is 7.77. The molecule has 102 valence electrons. The molecule has 1 aliphatic rings. The number of nitrogens with one attached hydrogen (secondary N) is 1. The van der Waals surface area contributed by atoms with E-state index in [-0.39, 0.29) is 12.6 Å². The van der Waals surface area contributed by atoms with Gasteiger partial charge in [-0.1, -0.05) is 6.92 Å². The highest BCUT2D eigenvalue weighted by molar-refractivity contribution is 4.74. The number of hydrogen-bond donors (Lipinski definition) is 2. The molecule has 0 heterocycles. The molecule has 1 rings (SSSR count). The van der Waals surface area contributed by atoms with Crippen molar-refractivity contribution in [3.05, 3.63) is 0 Å². The molecular formula is C13H27NO3. The van der Waals surface area contributed by atoms with E-state index >= 15 is 0 Å². The van der Waals surface area contributed by atoms with Crippen molar-refractivity contribution in [3.63, 3.8) is 0 Å². The van der Waals surface area contributed by atoms with E-state index in [2.05, 4.69) is 12.2 Å². The lowest BCUT2D eigenvalue weighted by molar-refractivity contribution is -0.0390. The summed E-state index contributed by atoms with van der Waals surface area (Å²) in [5, 5.41) is 12.5. The smallest absolute Gasteiger partial charge is 0.0645 e. The van der Waals surface area contributed by atoms with E-state index in [1.54, 1.807) is 7.11 Å². The molecule has 4 nitrogen and oxygen atoms in total. The molecule has 1 fully saturated rings. The third-order valence-corrected chi connectivity index (χ3v) is 3.35. The summed E-state index contributed by atoms with van der Waals surface area (Å²) < 4.78 is 11.2. The summed E-state index contributed by atoms with van der Waals surface area (Å²) in [7, 11) is 1.77. The predicted molar refractivity (Wildman–Crippen MR) is 68.2 cm³/mol. The van der Waals surface area contributed by atoms with Gasteiger partial charge in [-0.2, -0.15) is 0 Å². The summed E-state index contributed by atoms with van der Waals surface area (Å²) in [6.07, 6.45) is 6.15. The van der Waals surface area contributed by atoms with Crippen molar-refractivity contribution in [1.29, 1.82) is 0 Å². The summed E-state index contributed by atoms with van der Waals surface area (Å²) in [5.74, 6) is 0. The van der Waals surface area contributed by atoms with Gasteiger partial charge < -0.3 is 19.9 Å². The van der Waals surface area contributed by atoms with Gasteiger partial charge in [-0.25, -0.2) is 0 Å². The van der Waals surface area contributed by atoms with Crippen LogP contribution in [0.25, 0.3) is 0 Å². The van der Waals surface area contributed by atoms with Crippen LogP contribution in [0.4, 0.5) is 0 Å². The highest BCUT2D eigenvalue weighted by atomic mass is 16.5. The summed E-state index contributed by atoms with van der Waals surface area (Å²) in [4.78, 5) is 0. The van der Waals surface area contributed by atoms with Gasteiger partial charge in [0.25, 0.3) is 0 Å². The van der Waals surface area contributed by atoms with Gasteiger partial charge in [0.1, 0.15) is 0 Å². The molecule has 3 atom stereocenters. The molecule has 0 aromatic rings. The molecule has 0 bridgehead atoms. The molecular weight excluding hydrogens is 218 g/mol. The van der Waals surface area contributed by atoms with Gasteiger partial charge in [0.2, 0.25) is 0 Å². The maximum Gasteiger partial charge on any atom is 0.0645 e. The van der Waals surface area contributed by atoms with E-state index in [0.717, 1.165) is 32.2 Å². The number of rotatable bonds is 8. The van der Waals surface area contributed by atoms with Crippen LogP contribution in [0.5, 0.6) is 0 Å². The largest absolute Gasteiger partial charge is 0.395 e. The SMILES string of the molecule is CCCNC(CO)COC1CCCC(OC)C1. The van der Waals surface area contributed by atoms with Crippen LogP contribution in [0, 0.1) is 0 Å². The van der Waals surface area contributed by atoms with Gasteiger partial charge in [-0.05, 0) is 38.6 Å². The van der Waals surface area contributed by atoms with Crippen LogP contribution in [0.1, 0.15) is 39.0 Å². The van der Waals surface area contributed by atoms with Gasteiger partial charge in [0, 0.05) is 7.11 Å². The number of aliphatic hydroxyl groups is 1. The standard InChI is InChI=1S/C13H27NO3/c1-3-7-14-11(9-15)10-17-13-6-4-5-12(8-13)16-2/h11-15H,3-10H2,1-2H3. The van der Waals surface area contributed by atoms with Crippen molar-refractivity contribution in [2.24, 2.45) is 0 Å². The van der Waals surface area contributed by atoms with Crippen LogP contribution in [0.15, 0.2) is 0 Å². The molecule has 1 aliphatic carbocycles. The van der Waals surface area contributed by atoms with Crippen LogP contribution in [0.2, 0.25) is 0 Å². The zero-order valence-electron chi connectivity index (χ0n) is 11.2. The maximum atomic E-state index is 9.21. The van der Waals surface area contributed by atoms with Gasteiger partial charge in [-0.3, -0.25) is 0 Å². The molecule has 4 heteroatoms. The van der Waals surface area contributed by atoms with E-state index in [1.807, 2.05) is 0 Å². The average molecular weight is 245 g/mol. The third-order valence-electron chi connectivity index (χ3n) is 3.35.